The standard InChI is InChI=1S/C18H24N4O2/c1-13-5-4-9-22(16(13)11-19)17(23)8-10-21-12-20-15-7-3-2-6-14(15)18(21)24/h2-3,6-7,12-13,16H,4-5,8-11,19H2,1H3/t13-,16-/m1/s1. The van der Waals surface area contributed by atoms with Crippen molar-refractivity contribution in [1.29, 1.82) is 0 Å². The van der Waals surface area contributed by atoms with E-state index in [1.54, 1.807) is 6.07 Å². The highest BCUT2D eigenvalue weighted by Crippen LogP contribution is 2.23. The zero-order chi connectivity index (χ0) is 17.1. The van der Waals surface area contributed by atoms with Crippen LogP contribution in [0.3, 0.4) is 0 Å². The molecular weight excluding hydrogens is 304 g/mol. The van der Waals surface area contributed by atoms with E-state index in [9.17, 15) is 9.59 Å². The molecule has 2 aromatic rings. The minimum atomic E-state index is -0.101. The van der Waals surface area contributed by atoms with E-state index in [0.29, 0.717) is 36.3 Å². The van der Waals surface area contributed by atoms with Crippen molar-refractivity contribution in [3.8, 4) is 0 Å². The van der Waals surface area contributed by atoms with Gasteiger partial charge in [-0.2, -0.15) is 0 Å². The fourth-order valence-electron chi connectivity index (χ4n) is 3.54. The third-order valence-corrected chi connectivity index (χ3v) is 4.98. The lowest BCUT2D eigenvalue weighted by atomic mass is 9.90. The maximum atomic E-state index is 12.6. The van der Waals surface area contributed by atoms with Crippen molar-refractivity contribution >= 4 is 16.8 Å². The molecule has 1 aromatic heterocycles. The number of amides is 1. The summed E-state index contributed by atoms with van der Waals surface area (Å²) in [6.45, 7) is 3.74. The number of carbonyl (C=O) groups is 1. The molecule has 1 fully saturated rings. The van der Waals surface area contributed by atoms with Crippen LogP contribution in [0.5, 0.6) is 0 Å². The highest BCUT2D eigenvalue weighted by molar-refractivity contribution is 5.78. The molecule has 128 valence electrons. The van der Waals surface area contributed by atoms with Crippen LogP contribution < -0.4 is 11.3 Å². The molecule has 24 heavy (non-hydrogen) atoms. The second kappa shape index (κ2) is 7.13. The van der Waals surface area contributed by atoms with E-state index in [4.69, 9.17) is 5.73 Å². The Morgan fingerprint density at radius 1 is 1.38 bits per heavy atom. The molecule has 0 spiro atoms. The molecule has 2 atom stereocenters. The van der Waals surface area contributed by atoms with Gasteiger partial charge in [-0.1, -0.05) is 19.1 Å². The van der Waals surface area contributed by atoms with Crippen LogP contribution in [0.1, 0.15) is 26.2 Å². The number of carbonyl (C=O) groups excluding carboxylic acids is 1. The number of hydrogen-bond acceptors (Lipinski definition) is 4. The highest BCUT2D eigenvalue weighted by atomic mass is 16.2. The second-order valence-electron chi connectivity index (χ2n) is 6.52. The zero-order valence-electron chi connectivity index (χ0n) is 14.0. The van der Waals surface area contributed by atoms with Crippen molar-refractivity contribution < 1.29 is 4.79 Å². The summed E-state index contributed by atoms with van der Waals surface area (Å²) in [5.41, 5.74) is 6.43. The summed E-state index contributed by atoms with van der Waals surface area (Å²) in [4.78, 5) is 31.3. The van der Waals surface area contributed by atoms with Crippen molar-refractivity contribution in [2.75, 3.05) is 13.1 Å². The van der Waals surface area contributed by atoms with E-state index < -0.39 is 0 Å². The molecule has 2 N–H and O–H groups in total. The van der Waals surface area contributed by atoms with E-state index in [-0.39, 0.29) is 17.5 Å². The maximum Gasteiger partial charge on any atom is 0.261 e. The van der Waals surface area contributed by atoms with Crippen LogP contribution in [0.2, 0.25) is 0 Å². The van der Waals surface area contributed by atoms with Gasteiger partial charge < -0.3 is 10.6 Å². The molecule has 1 aromatic carbocycles. The van der Waals surface area contributed by atoms with Gasteiger partial charge in [0.15, 0.2) is 0 Å². The van der Waals surface area contributed by atoms with Gasteiger partial charge in [0.05, 0.1) is 17.2 Å². The molecule has 0 saturated carbocycles. The van der Waals surface area contributed by atoms with Gasteiger partial charge in [-0.15, -0.1) is 0 Å². The monoisotopic (exact) mass is 328 g/mol. The number of nitrogens with zero attached hydrogens (tertiary/aromatic N) is 3. The van der Waals surface area contributed by atoms with Crippen LogP contribution in [0.4, 0.5) is 0 Å². The van der Waals surface area contributed by atoms with Gasteiger partial charge >= 0.3 is 0 Å². The normalized spacial score (nSPS) is 21.2. The molecule has 1 amide bonds. The quantitative estimate of drug-likeness (QED) is 0.919. The number of benzene rings is 1. The number of likely N-dealkylation sites (tertiary alicyclic amines) is 1. The number of aromatic nitrogens is 2. The molecule has 0 aliphatic carbocycles. The minimum Gasteiger partial charge on any atom is -0.338 e. The first kappa shape index (κ1) is 16.6. The Hall–Kier alpha value is -2.21. The molecule has 0 bridgehead atoms. The van der Waals surface area contributed by atoms with Crippen molar-refractivity contribution in [2.24, 2.45) is 11.7 Å². The first-order chi connectivity index (χ1) is 11.6. The lowest BCUT2D eigenvalue weighted by Crippen LogP contribution is -2.51. The fourth-order valence-corrected chi connectivity index (χ4v) is 3.54. The van der Waals surface area contributed by atoms with E-state index in [1.807, 2.05) is 23.1 Å². The number of para-hydroxylation sites is 1. The van der Waals surface area contributed by atoms with Gasteiger partial charge in [-0.05, 0) is 30.9 Å². The van der Waals surface area contributed by atoms with Crippen molar-refractivity contribution in [2.45, 2.75) is 38.8 Å². The number of rotatable bonds is 4. The van der Waals surface area contributed by atoms with E-state index >= 15 is 0 Å². The Morgan fingerprint density at radius 3 is 2.96 bits per heavy atom. The van der Waals surface area contributed by atoms with Crippen LogP contribution in [-0.4, -0.2) is 39.5 Å². The van der Waals surface area contributed by atoms with Crippen molar-refractivity contribution in [3.05, 3.63) is 40.9 Å². The van der Waals surface area contributed by atoms with E-state index in [2.05, 4.69) is 11.9 Å². The first-order valence-electron chi connectivity index (χ1n) is 8.55. The molecule has 0 unspecified atom stereocenters. The predicted molar refractivity (Wildman–Crippen MR) is 93.6 cm³/mol. The average molecular weight is 328 g/mol. The average Bonchev–Trinajstić information content (AvgIpc) is 2.61. The lowest BCUT2D eigenvalue weighted by molar-refractivity contribution is -0.136. The van der Waals surface area contributed by atoms with Crippen LogP contribution in [-0.2, 0) is 11.3 Å². The molecule has 6 heteroatoms. The van der Waals surface area contributed by atoms with Crippen LogP contribution in [0.25, 0.3) is 10.9 Å². The number of piperidine rings is 1. The van der Waals surface area contributed by atoms with Crippen LogP contribution >= 0.6 is 0 Å². The number of nitrogens with two attached hydrogens (primary N) is 1. The minimum absolute atomic E-state index is 0.0667. The molecule has 3 rings (SSSR count). The summed E-state index contributed by atoms with van der Waals surface area (Å²) in [6.07, 6.45) is 3.95. The third-order valence-electron chi connectivity index (χ3n) is 4.98. The summed E-state index contributed by atoms with van der Waals surface area (Å²) < 4.78 is 1.52. The topological polar surface area (TPSA) is 81.2 Å². The van der Waals surface area contributed by atoms with Crippen molar-refractivity contribution in [1.82, 2.24) is 14.5 Å². The highest BCUT2D eigenvalue weighted by Gasteiger charge is 2.30. The van der Waals surface area contributed by atoms with E-state index in [1.165, 1.54) is 10.9 Å². The SMILES string of the molecule is C[C@@H]1CCCN(C(=O)CCn2cnc3ccccc3c2=O)[C@@H]1CN. The first-order valence-corrected chi connectivity index (χ1v) is 8.55. The Labute approximate surface area is 141 Å². The van der Waals surface area contributed by atoms with Crippen molar-refractivity contribution in [3.63, 3.8) is 0 Å². The molecule has 1 saturated heterocycles. The third kappa shape index (κ3) is 3.19. The number of aryl methyl sites for hydroxylation is 1. The summed E-state index contributed by atoms with van der Waals surface area (Å²) in [6, 6.07) is 7.36. The number of fused-ring (bicyclic) bond motifs is 1. The van der Waals surface area contributed by atoms with Crippen LogP contribution in [0.15, 0.2) is 35.4 Å². The van der Waals surface area contributed by atoms with Gasteiger partial charge in [-0.25, -0.2) is 4.98 Å². The smallest absolute Gasteiger partial charge is 0.261 e. The molecular formula is C18H24N4O2. The Bertz CT molecular complexity index is 786. The number of hydrogen-bond donors (Lipinski definition) is 1. The van der Waals surface area contributed by atoms with Gasteiger partial charge in [0.1, 0.15) is 0 Å². The predicted octanol–water partition coefficient (Wildman–Crippen LogP) is 1.37. The Morgan fingerprint density at radius 2 is 2.17 bits per heavy atom. The van der Waals surface area contributed by atoms with Gasteiger partial charge in [0.25, 0.3) is 5.56 Å². The Kier molecular flexibility index (Phi) is 4.94. The fraction of sp³-hybridized carbons (Fsp3) is 0.500. The molecule has 1 aliphatic heterocycles. The second-order valence-corrected chi connectivity index (χ2v) is 6.52. The molecule has 6 nitrogen and oxygen atoms in total. The lowest BCUT2D eigenvalue weighted by Gasteiger charge is -2.39. The van der Waals surface area contributed by atoms with Gasteiger partial charge in [0.2, 0.25) is 5.91 Å². The summed E-state index contributed by atoms with van der Waals surface area (Å²) in [7, 11) is 0. The molecule has 2 heterocycles. The van der Waals surface area contributed by atoms with Gasteiger partial charge in [-0.3, -0.25) is 14.2 Å². The molecule has 0 radical (unpaired) electrons. The summed E-state index contributed by atoms with van der Waals surface area (Å²) in [5, 5.41) is 0.582. The maximum absolute atomic E-state index is 12.6. The summed E-state index contributed by atoms with van der Waals surface area (Å²) >= 11 is 0. The zero-order valence-corrected chi connectivity index (χ0v) is 14.0. The van der Waals surface area contributed by atoms with E-state index in [0.717, 1.165) is 19.4 Å². The Balaban J connectivity index is 1.72. The molecule has 1 aliphatic rings. The van der Waals surface area contributed by atoms with Crippen LogP contribution in [0, 0.1) is 5.92 Å². The largest absolute Gasteiger partial charge is 0.338 e. The summed E-state index contributed by atoms with van der Waals surface area (Å²) in [5.74, 6) is 0.495. The van der Waals surface area contributed by atoms with Gasteiger partial charge in [0, 0.05) is 32.1 Å².